The fraction of sp³-hybridized carbons (Fsp3) is 0.400. The molecule has 102 valence electrons. The standard InChI is InChI=1S/C15H22N4/c1-15(2,3)17-11-10-16-13-7-4-5-8-14(13)19-12-6-9-18-19/h4-9,12,16-17H,10-11H2,1-3H3. The summed E-state index contributed by atoms with van der Waals surface area (Å²) in [5.41, 5.74) is 2.33. The van der Waals surface area contributed by atoms with Gasteiger partial charge in [0.05, 0.1) is 11.4 Å². The number of rotatable bonds is 5. The average molecular weight is 258 g/mol. The van der Waals surface area contributed by atoms with E-state index in [0.29, 0.717) is 0 Å². The number of benzene rings is 1. The highest BCUT2D eigenvalue weighted by Gasteiger charge is 2.08. The molecule has 0 saturated carbocycles. The van der Waals surface area contributed by atoms with Crippen molar-refractivity contribution in [3.8, 4) is 5.69 Å². The number of anilines is 1. The van der Waals surface area contributed by atoms with Crippen LogP contribution in [0.1, 0.15) is 20.8 Å². The van der Waals surface area contributed by atoms with E-state index in [4.69, 9.17) is 0 Å². The van der Waals surface area contributed by atoms with Crippen molar-refractivity contribution in [2.45, 2.75) is 26.3 Å². The SMILES string of the molecule is CC(C)(C)NCCNc1ccccc1-n1cccn1. The number of hydrogen-bond acceptors (Lipinski definition) is 3. The molecule has 0 aliphatic rings. The number of hydrogen-bond donors (Lipinski definition) is 2. The van der Waals surface area contributed by atoms with Crippen molar-refractivity contribution in [2.24, 2.45) is 0 Å². The minimum absolute atomic E-state index is 0.156. The van der Waals surface area contributed by atoms with E-state index >= 15 is 0 Å². The molecule has 0 unspecified atom stereocenters. The number of nitrogens with one attached hydrogen (secondary N) is 2. The predicted molar refractivity (Wildman–Crippen MR) is 79.8 cm³/mol. The highest BCUT2D eigenvalue weighted by Crippen LogP contribution is 2.18. The molecule has 0 amide bonds. The normalized spacial score (nSPS) is 11.5. The van der Waals surface area contributed by atoms with Crippen molar-refractivity contribution in [1.29, 1.82) is 0 Å². The summed E-state index contributed by atoms with van der Waals surface area (Å²) in [6.45, 7) is 8.33. The summed E-state index contributed by atoms with van der Waals surface area (Å²) >= 11 is 0. The van der Waals surface area contributed by atoms with Gasteiger partial charge < -0.3 is 10.6 Å². The first-order chi connectivity index (χ1) is 9.06. The maximum absolute atomic E-state index is 4.28. The molecule has 2 rings (SSSR count). The fourth-order valence-corrected chi connectivity index (χ4v) is 1.87. The van der Waals surface area contributed by atoms with Crippen LogP contribution in [-0.2, 0) is 0 Å². The third-order valence-corrected chi connectivity index (χ3v) is 2.75. The lowest BCUT2D eigenvalue weighted by atomic mass is 10.1. The van der Waals surface area contributed by atoms with Crippen molar-refractivity contribution in [1.82, 2.24) is 15.1 Å². The third-order valence-electron chi connectivity index (χ3n) is 2.75. The molecule has 1 aromatic heterocycles. The Morgan fingerprint density at radius 3 is 2.58 bits per heavy atom. The van der Waals surface area contributed by atoms with Gasteiger partial charge in [-0.1, -0.05) is 12.1 Å². The Labute approximate surface area is 114 Å². The zero-order valence-electron chi connectivity index (χ0n) is 11.9. The Bertz CT molecular complexity index is 497. The molecule has 0 atom stereocenters. The van der Waals surface area contributed by atoms with Gasteiger partial charge in [-0.15, -0.1) is 0 Å². The second-order valence-electron chi connectivity index (χ2n) is 5.57. The molecule has 0 saturated heterocycles. The largest absolute Gasteiger partial charge is 0.382 e. The van der Waals surface area contributed by atoms with Crippen LogP contribution in [0.5, 0.6) is 0 Å². The van der Waals surface area contributed by atoms with E-state index in [-0.39, 0.29) is 5.54 Å². The van der Waals surface area contributed by atoms with Gasteiger partial charge in [-0.05, 0) is 39.0 Å². The fourth-order valence-electron chi connectivity index (χ4n) is 1.87. The Hall–Kier alpha value is -1.81. The molecule has 2 aromatic rings. The lowest BCUT2D eigenvalue weighted by molar-refractivity contribution is 0.435. The predicted octanol–water partition coefficient (Wildman–Crippen LogP) is 2.67. The Morgan fingerprint density at radius 2 is 1.89 bits per heavy atom. The Kier molecular flexibility index (Phi) is 4.22. The van der Waals surface area contributed by atoms with Gasteiger partial charge in [0.15, 0.2) is 0 Å². The van der Waals surface area contributed by atoms with Crippen molar-refractivity contribution >= 4 is 5.69 Å². The van der Waals surface area contributed by atoms with Crippen LogP contribution in [0.4, 0.5) is 5.69 Å². The van der Waals surface area contributed by atoms with E-state index in [1.165, 1.54) is 0 Å². The van der Waals surface area contributed by atoms with Crippen LogP contribution in [0.2, 0.25) is 0 Å². The molecule has 4 heteroatoms. The molecule has 0 aliphatic carbocycles. The van der Waals surface area contributed by atoms with Crippen molar-refractivity contribution in [2.75, 3.05) is 18.4 Å². The maximum atomic E-state index is 4.28. The highest BCUT2D eigenvalue weighted by molar-refractivity contribution is 5.60. The summed E-state index contributed by atoms with van der Waals surface area (Å²) in [6, 6.07) is 10.1. The first-order valence-corrected chi connectivity index (χ1v) is 6.64. The van der Waals surface area contributed by atoms with Crippen LogP contribution < -0.4 is 10.6 Å². The van der Waals surface area contributed by atoms with E-state index < -0.39 is 0 Å². The molecular formula is C15H22N4. The van der Waals surface area contributed by atoms with Gasteiger partial charge in [-0.2, -0.15) is 5.10 Å². The van der Waals surface area contributed by atoms with Gasteiger partial charge in [0.1, 0.15) is 0 Å². The second kappa shape index (κ2) is 5.89. The number of para-hydroxylation sites is 2. The van der Waals surface area contributed by atoms with Crippen LogP contribution in [0, 0.1) is 0 Å². The van der Waals surface area contributed by atoms with Gasteiger partial charge in [0.2, 0.25) is 0 Å². The molecule has 4 nitrogen and oxygen atoms in total. The summed E-state index contributed by atoms with van der Waals surface area (Å²) in [5, 5.41) is 11.2. The minimum Gasteiger partial charge on any atom is -0.382 e. The van der Waals surface area contributed by atoms with Crippen LogP contribution >= 0.6 is 0 Å². The van der Waals surface area contributed by atoms with Crippen molar-refractivity contribution < 1.29 is 0 Å². The molecular weight excluding hydrogens is 236 g/mol. The second-order valence-corrected chi connectivity index (χ2v) is 5.57. The first-order valence-electron chi connectivity index (χ1n) is 6.64. The number of aromatic nitrogens is 2. The van der Waals surface area contributed by atoms with Crippen molar-refractivity contribution in [3.05, 3.63) is 42.7 Å². The summed E-state index contributed by atoms with van der Waals surface area (Å²) in [7, 11) is 0. The number of nitrogens with zero attached hydrogens (tertiary/aromatic N) is 2. The van der Waals surface area contributed by atoms with E-state index in [9.17, 15) is 0 Å². The van der Waals surface area contributed by atoms with Crippen LogP contribution in [0.25, 0.3) is 5.69 Å². The quantitative estimate of drug-likeness (QED) is 0.810. The monoisotopic (exact) mass is 258 g/mol. The lowest BCUT2D eigenvalue weighted by Crippen LogP contribution is -2.38. The topological polar surface area (TPSA) is 41.9 Å². The van der Waals surface area contributed by atoms with Gasteiger partial charge in [-0.25, -0.2) is 4.68 Å². The van der Waals surface area contributed by atoms with Gasteiger partial charge in [-0.3, -0.25) is 0 Å². The Balaban J connectivity index is 1.97. The average Bonchev–Trinajstić information content (AvgIpc) is 2.88. The van der Waals surface area contributed by atoms with Crippen LogP contribution in [0.3, 0.4) is 0 Å². The van der Waals surface area contributed by atoms with Crippen LogP contribution in [0.15, 0.2) is 42.7 Å². The summed E-state index contributed by atoms with van der Waals surface area (Å²) in [5.74, 6) is 0. The Morgan fingerprint density at radius 1 is 1.11 bits per heavy atom. The van der Waals surface area contributed by atoms with E-state index in [1.54, 1.807) is 6.20 Å². The zero-order valence-corrected chi connectivity index (χ0v) is 11.9. The lowest BCUT2D eigenvalue weighted by Gasteiger charge is -2.21. The molecule has 0 bridgehead atoms. The summed E-state index contributed by atoms with van der Waals surface area (Å²) < 4.78 is 1.87. The molecule has 2 N–H and O–H groups in total. The summed E-state index contributed by atoms with van der Waals surface area (Å²) in [4.78, 5) is 0. The zero-order chi connectivity index (χ0) is 13.7. The summed E-state index contributed by atoms with van der Waals surface area (Å²) in [6.07, 6.45) is 3.74. The van der Waals surface area contributed by atoms with E-state index in [0.717, 1.165) is 24.5 Å². The van der Waals surface area contributed by atoms with Gasteiger partial charge in [0.25, 0.3) is 0 Å². The molecule has 0 spiro atoms. The molecule has 0 aliphatic heterocycles. The molecule has 0 fully saturated rings. The molecule has 1 heterocycles. The molecule has 19 heavy (non-hydrogen) atoms. The highest BCUT2D eigenvalue weighted by atomic mass is 15.3. The minimum atomic E-state index is 0.156. The smallest absolute Gasteiger partial charge is 0.0876 e. The third kappa shape index (κ3) is 4.10. The van der Waals surface area contributed by atoms with Crippen LogP contribution in [-0.4, -0.2) is 28.4 Å². The van der Waals surface area contributed by atoms with Gasteiger partial charge >= 0.3 is 0 Å². The first kappa shape index (κ1) is 13.6. The van der Waals surface area contributed by atoms with Crippen molar-refractivity contribution in [3.63, 3.8) is 0 Å². The molecule has 1 aromatic carbocycles. The van der Waals surface area contributed by atoms with Gasteiger partial charge in [0, 0.05) is 31.0 Å². The van der Waals surface area contributed by atoms with E-state index in [2.05, 4.69) is 48.6 Å². The molecule has 0 radical (unpaired) electrons. The van der Waals surface area contributed by atoms with E-state index in [1.807, 2.05) is 29.1 Å². The maximum Gasteiger partial charge on any atom is 0.0876 e.